The van der Waals surface area contributed by atoms with Crippen LogP contribution in [-0.4, -0.2) is 29.1 Å². The molecular weight excluding hydrogens is 318 g/mol. The van der Waals surface area contributed by atoms with E-state index in [0.29, 0.717) is 11.3 Å². The molecule has 2 N–H and O–H groups in total. The summed E-state index contributed by atoms with van der Waals surface area (Å²) in [5, 5.41) is 11.9. The van der Waals surface area contributed by atoms with Gasteiger partial charge < -0.3 is 15.2 Å². The van der Waals surface area contributed by atoms with Gasteiger partial charge in [-0.15, -0.1) is 0 Å². The first-order valence-corrected chi connectivity index (χ1v) is 8.34. The van der Waals surface area contributed by atoms with Gasteiger partial charge in [-0.2, -0.15) is 0 Å². The first kappa shape index (κ1) is 18.5. The van der Waals surface area contributed by atoms with Gasteiger partial charge >= 0.3 is 5.97 Å². The highest BCUT2D eigenvalue weighted by molar-refractivity contribution is 5.96. The van der Waals surface area contributed by atoms with E-state index in [1.165, 1.54) is 0 Å². The number of carboxylic acids is 1. The highest BCUT2D eigenvalue weighted by atomic mass is 16.5. The van der Waals surface area contributed by atoms with E-state index < -0.39 is 17.9 Å². The minimum absolute atomic E-state index is 0.0990. The Kier molecular flexibility index (Phi) is 6.57. The van der Waals surface area contributed by atoms with Crippen molar-refractivity contribution in [2.75, 3.05) is 0 Å². The second-order valence-corrected chi connectivity index (χ2v) is 5.92. The summed E-state index contributed by atoms with van der Waals surface area (Å²) in [6, 6.07) is 14.9. The van der Waals surface area contributed by atoms with Gasteiger partial charge in [0.2, 0.25) is 0 Å². The van der Waals surface area contributed by atoms with Crippen LogP contribution >= 0.6 is 0 Å². The van der Waals surface area contributed by atoms with Crippen molar-refractivity contribution in [3.8, 4) is 5.75 Å². The molecule has 1 unspecified atom stereocenters. The maximum atomic E-state index is 12.3. The van der Waals surface area contributed by atoms with Gasteiger partial charge in [0.05, 0.1) is 6.10 Å². The molecule has 0 aliphatic heterocycles. The summed E-state index contributed by atoms with van der Waals surface area (Å²) in [5.41, 5.74) is 1.25. The normalized spacial score (nSPS) is 12.9. The van der Waals surface area contributed by atoms with E-state index in [4.69, 9.17) is 4.74 Å². The first-order chi connectivity index (χ1) is 12.0. The number of aliphatic carboxylic acids is 1. The summed E-state index contributed by atoms with van der Waals surface area (Å²) in [5.74, 6) is -0.794. The fraction of sp³-hybridized carbons (Fsp3) is 0.300. The monoisotopic (exact) mass is 341 g/mol. The van der Waals surface area contributed by atoms with Crippen molar-refractivity contribution < 1.29 is 19.4 Å². The average molecular weight is 341 g/mol. The zero-order chi connectivity index (χ0) is 18.2. The lowest BCUT2D eigenvalue weighted by molar-refractivity contribution is -0.139. The number of hydrogen-bond acceptors (Lipinski definition) is 3. The summed E-state index contributed by atoms with van der Waals surface area (Å²) in [7, 11) is 0. The predicted octanol–water partition coefficient (Wildman–Crippen LogP) is 3.29. The molecule has 2 rings (SSSR count). The molecule has 0 spiro atoms. The van der Waals surface area contributed by atoms with Gasteiger partial charge in [-0.05, 0) is 43.2 Å². The summed E-state index contributed by atoms with van der Waals surface area (Å²) in [6.07, 6.45) is 1.22. The Morgan fingerprint density at radius 2 is 1.72 bits per heavy atom. The zero-order valence-corrected chi connectivity index (χ0v) is 14.4. The fourth-order valence-electron chi connectivity index (χ4n) is 2.29. The Labute approximate surface area is 147 Å². The van der Waals surface area contributed by atoms with Crippen molar-refractivity contribution in [2.45, 2.75) is 38.8 Å². The first-order valence-electron chi connectivity index (χ1n) is 8.34. The number of benzene rings is 2. The van der Waals surface area contributed by atoms with Gasteiger partial charge in [0.1, 0.15) is 11.8 Å². The number of carbonyl (C=O) groups is 2. The van der Waals surface area contributed by atoms with Crippen LogP contribution in [0.3, 0.4) is 0 Å². The van der Waals surface area contributed by atoms with Crippen LogP contribution in [0, 0.1) is 0 Å². The number of carbonyl (C=O) groups excluding carboxylic acids is 1. The van der Waals surface area contributed by atoms with Gasteiger partial charge in [0, 0.05) is 12.0 Å². The summed E-state index contributed by atoms with van der Waals surface area (Å²) < 4.78 is 5.67. The molecular formula is C20H23NO4. The molecule has 0 aliphatic carbocycles. The van der Waals surface area contributed by atoms with Crippen molar-refractivity contribution in [3.05, 3.63) is 65.7 Å². The Balaban J connectivity index is 2.02. The Morgan fingerprint density at radius 1 is 1.08 bits per heavy atom. The molecule has 0 heterocycles. The molecule has 0 aliphatic rings. The third kappa shape index (κ3) is 5.64. The summed E-state index contributed by atoms with van der Waals surface area (Å²) in [6.45, 7) is 4.01. The maximum absolute atomic E-state index is 12.3. The highest BCUT2D eigenvalue weighted by Crippen LogP contribution is 2.15. The zero-order valence-electron chi connectivity index (χ0n) is 14.4. The molecule has 0 saturated carbocycles. The number of nitrogens with one attached hydrogen (secondary N) is 1. The second kappa shape index (κ2) is 8.87. The van der Waals surface area contributed by atoms with Gasteiger partial charge in [-0.1, -0.05) is 37.3 Å². The van der Waals surface area contributed by atoms with Crippen molar-refractivity contribution in [1.82, 2.24) is 5.32 Å². The molecule has 1 amide bonds. The van der Waals surface area contributed by atoms with Gasteiger partial charge in [0.25, 0.3) is 5.91 Å². The van der Waals surface area contributed by atoms with E-state index in [9.17, 15) is 14.7 Å². The third-order valence-corrected chi connectivity index (χ3v) is 3.91. The van der Waals surface area contributed by atoms with E-state index in [0.717, 1.165) is 12.0 Å². The molecule has 132 valence electrons. The molecule has 0 radical (unpaired) electrons. The number of rotatable bonds is 8. The fourth-order valence-corrected chi connectivity index (χ4v) is 2.29. The Hall–Kier alpha value is -2.82. The number of amides is 1. The number of hydrogen-bond donors (Lipinski definition) is 2. The Bertz CT molecular complexity index is 697. The van der Waals surface area contributed by atoms with Crippen LogP contribution in [-0.2, 0) is 11.2 Å². The topological polar surface area (TPSA) is 75.6 Å². The summed E-state index contributed by atoms with van der Waals surface area (Å²) >= 11 is 0. The van der Waals surface area contributed by atoms with Crippen LogP contribution < -0.4 is 10.1 Å². The van der Waals surface area contributed by atoms with Crippen LogP contribution in [0.1, 0.15) is 36.2 Å². The minimum atomic E-state index is -1.06. The van der Waals surface area contributed by atoms with Crippen LogP contribution in [0.5, 0.6) is 5.75 Å². The van der Waals surface area contributed by atoms with Crippen molar-refractivity contribution >= 4 is 11.9 Å². The van der Waals surface area contributed by atoms with Crippen molar-refractivity contribution in [1.29, 1.82) is 0 Å². The molecule has 0 bridgehead atoms. The van der Waals surface area contributed by atoms with Crippen LogP contribution in [0.15, 0.2) is 54.6 Å². The smallest absolute Gasteiger partial charge is 0.326 e. The van der Waals surface area contributed by atoms with Crippen LogP contribution in [0.4, 0.5) is 0 Å². The molecule has 2 atom stereocenters. The van der Waals surface area contributed by atoms with E-state index >= 15 is 0 Å². The molecule has 2 aromatic rings. The third-order valence-electron chi connectivity index (χ3n) is 3.91. The van der Waals surface area contributed by atoms with Crippen molar-refractivity contribution in [3.63, 3.8) is 0 Å². The van der Waals surface area contributed by atoms with Crippen LogP contribution in [0.25, 0.3) is 0 Å². The molecule has 2 aromatic carbocycles. The minimum Gasteiger partial charge on any atom is -0.491 e. The van der Waals surface area contributed by atoms with E-state index in [-0.39, 0.29) is 12.5 Å². The molecule has 25 heavy (non-hydrogen) atoms. The van der Waals surface area contributed by atoms with Crippen molar-refractivity contribution in [2.24, 2.45) is 0 Å². The lowest BCUT2D eigenvalue weighted by atomic mass is 10.1. The van der Waals surface area contributed by atoms with E-state index in [2.05, 4.69) is 5.32 Å². The molecule has 5 nitrogen and oxygen atoms in total. The lowest BCUT2D eigenvalue weighted by Crippen LogP contribution is -2.42. The van der Waals surface area contributed by atoms with Crippen LogP contribution in [0.2, 0.25) is 0 Å². The SMILES string of the molecule is CCC(C)Oc1ccc(C(=O)N[C@H](Cc2ccccc2)C(=O)O)cc1. The summed E-state index contributed by atoms with van der Waals surface area (Å²) in [4.78, 5) is 23.8. The van der Waals surface area contributed by atoms with Gasteiger partial charge in [0.15, 0.2) is 0 Å². The molecule has 0 saturated heterocycles. The second-order valence-electron chi connectivity index (χ2n) is 5.92. The number of ether oxygens (including phenoxy) is 1. The standard InChI is InChI=1S/C20H23NO4/c1-3-14(2)25-17-11-9-16(10-12-17)19(22)21-18(20(23)24)13-15-7-5-4-6-8-15/h4-12,14,18H,3,13H2,1-2H3,(H,21,22)(H,23,24)/t14?,18-/m1/s1. The molecule has 5 heteroatoms. The Morgan fingerprint density at radius 3 is 2.28 bits per heavy atom. The van der Waals surface area contributed by atoms with Gasteiger partial charge in [-0.25, -0.2) is 4.79 Å². The highest BCUT2D eigenvalue weighted by Gasteiger charge is 2.21. The average Bonchev–Trinajstić information content (AvgIpc) is 2.62. The maximum Gasteiger partial charge on any atom is 0.326 e. The lowest BCUT2D eigenvalue weighted by Gasteiger charge is -2.15. The largest absolute Gasteiger partial charge is 0.491 e. The molecule has 0 fully saturated rings. The number of carboxylic acid groups (broad SMARTS) is 1. The van der Waals surface area contributed by atoms with E-state index in [1.807, 2.05) is 44.2 Å². The molecule has 0 aromatic heterocycles. The quantitative estimate of drug-likeness (QED) is 0.772. The van der Waals surface area contributed by atoms with Gasteiger partial charge in [-0.3, -0.25) is 4.79 Å². The predicted molar refractivity (Wildman–Crippen MR) is 95.9 cm³/mol. The van der Waals surface area contributed by atoms with E-state index in [1.54, 1.807) is 24.3 Å².